The summed E-state index contributed by atoms with van der Waals surface area (Å²) in [5.74, 6) is -1.51. The number of ether oxygens (including phenoxy) is 1. The predicted octanol–water partition coefficient (Wildman–Crippen LogP) is 0.680. The summed E-state index contributed by atoms with van der Waals surface area (Å²) < 4.78 is 6.53. The van der Waals surface area contributed by atoms with Crippen molar-refractivity contribution in [1.29, 1.82) is 0 Å². The van der Waals surface area contributed by atoms with E-state index < -0.39 is 23.5 Å². The number of nitrogens with one attached hydrogen (secondary N) is 3. The average molecular weight is 537 g/mol. The maximum absolute atomic E-state index is 12.5. The first-order chi connectivity index (χ1) is 16.1. The van der Waals surface area contributed by atoms with Gasteiger partial charge in [0.05, 0.1) is 0 Å². The van der Waals surface area contributed by atoms with Crippen molar-refractivity contribution in [2.24, 2.45) is 5.10 Å². The molecule has 0 saturated carbocycles. The minimum Gasteiger partial charge on any atom is -0.435 e. The largest absolute Gasteiger partial charge is 0.435 e. The Kier molecular flexibility index (Phi) is 7.93. The molecule has 2 heterocycles. The first-order valence-corrected chi connectivity index (χ1v) is 11.7. The van der Waals surface area contributed by atoms with E-state index in [2.05, 4.69) is 42.0 Å². The van der Waals surface area contributed by atoms with Crippen LogP contribution in [-0.4, -0.2) is 91.7 Å². The zero-order valence-corrected chi connectivity index (χ0v) is 21.2. The molecule has 11 nitrogen and oxygen atoms in total. The first-order valence-electron chi connectivity index (χ1n) is 10.9. The van der Waals surface area contributed by atoms with Crippen LogP contribution in [0.2, 0.25) is 0 Å². The fraction of sp³-hybridized carbons (Fsp3) is 0.500. The van der Waals surface area contributed by atoms with Gasteiger partial charge in [0, 0.05) is 75.3 Å². The summed E-state index contributed by atoms with van der Waals surface area (Å²) in [5.41, 5.74) is 3.16. The molecule has 0 unspecified atom stereocenters. The molecular formula is C22H29BrN6O5. The standard InChI is InChI=1S/C22H29BrN6O5/c1-13(25-19(31)18(30)24-2)12-29-9-7-22(8-10-29)17(26-27-21(33)34-22)15-11-14(5-6-16(15)23)20(32)28(3)4/h5-6,11,13H,7-10,12H2,1-4H3,(H,24,30)(H,25,31)(H,27,33)/t13-/m0/s1. The normalized spacial score (nSPS) is 18.3. The molecule has 3 N–H and O–H groups in total. The number of nitrogens with zero attached hydrogens (tertiary/aromatic N) is 3. The average Bonchev–Trinajstić information content (AvgIpc) is 2.80. The van der Waals surface area contributed by atoms with E-state index in [1.54, 1.807) is 32.3 Å². The third-order valence-corrected chi connectivity index (χ3v) is 6.55. The van der Waals surface area contributed by atoms with Gasteiger partial charge in [0.2, 0.25) is 0 Å². The van der Waals surface area contributed by atoms with Crippen molar-refractivity contribution in [2.45, 2.75) is 31.4 Å². The summed E-state index contributed by atoms with van der Waals surface area (Å²) in [6.45, 7) is 3.53. The van der Waals surface area contributed by atoms with Crippen molar-refractivity contribution in [3.8, 4) is 0 Å². The number of carbonyl (C=O) groups excluding carboxylic acids is 4. The van der Waals surface area contributed by atoms with Crippen LogP contribution in [0.15, 0.2) is 27.8 Å². The van der Waals surface area contributed by atoms with Crippen molar-refractivity contribution in [3.05, 3.63) is 33.8 Å². The number of benzene rings is 1. The van der Waals surface area contributed by atoms with Crippen molar-refractivity contribution < 1.29 is 23.9 Å². The predicted molar refractivity (Wildman–Crippen MR) is 128 cm³/mol. The summed E-state index contributed by atoms with van der Waals surface area (Å²) in [6, 6.07) is 5.01. The Bertz CT molecular complexity index is 1020. The Hall–Kier alpha value is -2.99. The molecule has 12 heteroatoms. The third-order valence-electron chi connectivity index (χ3n) is 5.86. The number of carbonyl (C=O) groups is 4. The summed E-state index contributed by atoms with van der Waals surface area (Å²) in [7, 11) is 4.77. The van der Waals surface area contributed by atoms with Gasteiger partial charge in [0.15, 0.2) is 5.60 Å². The van der Waals surface area contributed by atoms with E-state index in [1.807, 2.05) is 6.92 Å². The quantitative estimate of drug-likeness (QED) is 0.474. The highest BCUT2D eigenvalue weighted by atomic mass is 79.9. The topological polar surface area (TPSA) is 132 Å². The van der Waals surface area contributed by atoms with Crippen molar-refractivity contribution in [3.63, 3.8) is 0 Å². The molecule has 0 aliphatic carbocycles. The molecule has 2 aliphatic rings. The SMILES string of the molecule is CNC(=O)C(=O)N[C@@H](C)CN1CCC2(CC1)OC(=O)NN=C2c1cc(C(=O)N(C)C)ccc1Br. The van der Waals surface area contributed by atoms with E-state index in [1.165, 1.54) is 11.9 Å². The molecule has 1 aromatic carbocycles. The Balaban J connectivity index is 1.77. The molecule has 3 rings (SSSR count). The van der Waals surface area contributed by atoms with Gasteiger partial charge in [-0.25, -0.2) is 10.2 Å². The molecule has 2 aliphatic heterocycles. The van der Waals surface area contributed by atoms with Gasteiger partial charge in [-0.1, -0.05) is 15.9 Å². The fourth-order valence-electron chi connectivity index (χ4n) is 4.13. The number of hydrazone groups is 1. The van der Waals surface area contributed by atoms with Gasteiger partial charge in [-0.3, -0.25) is 14.4 Å². The van der Waals surface area contributed by atoms with Crippen molar-refractivity contribution >= 4 is 45.5 Å². The van der Waals surface area contributed by atoms with E-state index >= 15 is 0 Å². The van der Waals surface area contributed by atoms with E-state index in [4.69, 9.17) is 4.74 Å². The molecule has 1 spiro atoms. The number of amides is 4. The van der Waals surface area contributed by atoms with Crippen molar-refractivity contribution in [1.82, 2.24) is 25.9 Å². The Morgan fingerprint density at radius 1 is 1.26 bits per heavy atom. The highest BCUT2D eigenvalue weighted by Crippen LogP contribution is 2.35. The molecule has 1 aromatic rings. The summed E-state index contributed by atoms with van der Waals surface area (Å²) >= 11 is 3.55. The highest BCUT2D eigenvalue weighted by molar-refractivity contribution is 9.10. The molecule has 1 atom stereocenters. The van der Waals surface area contributed by atoms with Crippen LogP contribution in [0.5, 0.6) is 0 Å². The highest BCUT2D eigenvalue weighted by Gasteiger charge is 2.46. The van der Waals surface area contributed by atoms with Crippen LogP contribution in [0, 0.1) is 0 Å². The van der Waals surface area contributed by atoms with Crippen LogP contribution in [-0.2, 0) is 14.3 Å². The van der Waals surface area contributed by atoms with E-state index in [0.717, 1.165) is 4.47 Å². The Morgan fingerprint density at radius 3 is 2.56 bits per heavy atom. The molecular weight excluding hydrogens is 508 g/mol. The number of halogens is 1. The van der Waals surface area contributed by atoms with Crippen LogP contribution < -0.4 is 16.1 Å². The van der Waals surface area contributed by atoms with Crippen LogP contribution in [0.1, 0.15) is 35.7 Å². The Morgan fingerprint density at radius 2 is 1.94 bits per heavy atom. The van der Waals surface area contributed by atoms with Gasteiger partial charge in [-0.05, 0) is 25.1 Å². The molecule has 0 aromatic heterocycles. The number of hydrogen-bond acceptors (Lipinski definition) is 7. The number of likely N-dealkylation sites (N-methyl/N-ethyl adjacent to an activating group) is 1. The van der Waals surface area contributed by atoms with Crippen LogP contribution in [0.4, 0.5) is 4.79 Å². The van der Waals surface area contributed by atoms with E-state index in [-0.39, 0.29) is 11.9 Å². The van der Waals surface area contributed by atoms with Gasteiger partial charge in [0.25, 0.3) is 5.91 Å². The lowest BCUT2D eigenvalue weighted by Gasteiger charge is -2.43. The zero-order valence-electron chi connectivity index (χ0n) is 19.6. The lowest BCUT2D eigenvalue weighted by molar-refractivity contribution is -0.139. The summed E-state index contributed by atoms with van der Waals surface area (Å²) in [4.78, 5) is 51.5. The first kappa shape index (κ1) is 25.6. The summed E-state index contributed by atoms with van der Waals surface area (Å²) in [6.07, 6.45) is 0.335. The molecule has 0 radical (unpaired) electrons. The number of piperidine rings is 1. The second-order valence-electron chi connectivity index (χ2n) is 8.60. The molecule has 34 heavy (non-hydrogen) atoms. The Labute approximate surface area is 206 Å². The van der Waals surface area contributed by atoms with Gasteiger partial charge >= 0.3 is 17.9 Å². The van der Waals surface area contributed by atoms with Crippen LogP contribution >= 0.6 is 15.9 Å². The second kappa shape index (κ2) is 10.5. The molecule has 1 fully saturated rings. The molecule has 184 valence electrons. The van der Waals surface area contributed by atoms with Gasteiger partial charge < -0.3 is 25.2 Å². The molecule has 0 bridgehead atoms. The van der Waals surface area contributed by atoms with Gasteiger partial charge in [0.1, 0.15) is 5.71 Å². The maximum Gasteiger partial charge on any atom is 0.428 e. The minimum absolute atomic E-state index is 0.147. The third kappa shape index (κ3) is 5.55. The summed E-state index contributed by atoms with van der Waals surface area (Å²) in [5, 5.41) is 9.30. The lowest BCUT2D eigenvalue weighted by atomic mass is 9.82. The van der Waals surface area contributed by atoms with Gasteiger partial charge in [-0.15, -0.1) is 0 Å². The van der Waals surface area contributed by atoms with E-state index in [0.29, 0.717) is 49.3 Å². The maximum atomic E-state index is 12.5. The number of hydrogen-bond donors (Lipinski definition) is 3. The van der Waals surface area contributed by atoms with Crippen LogP contribution in [0.25, 0.3) is 0 Å². The zero-order chi connectivity index (χ0) is 25.0. The fourth-order valence-corrected chi connectivity index (χ4v) is 4.56. The van der Waals surface area contributed by atoms with Gasteiger partial charge in [-0.2, -0.15) is 5.10 Å². The molecule has 4 amide bonds. The molecule has 1 saturated heterocycles. The lowest BCUT2D eigenvalue weighted by Crippen LogP contribution is -2.57. The number of likely N-dealkylation sites (tertiary alicyclic amines) is 1. The second-order valence-corrected chi connectivity index (χ2v) is 9.46. The van der Waals surface area contributed by atoms with E-state index in [9.17, 15) is 19.2 Å². The minimum atomic E-state index is -0.949. The van der Waals surface area contributed by atoms with Crippen molar-refractivity contribution in [2.75, 3.05) is 40.8 Å². The van der Waals surface area contributed by atoms with Crippen LogP contribution in [0.3, 0.4) is 0 Å². The number of rotatable bonds is 5. The monoisotopic (exact) mass is 536 g/mol. The smallest absolute Gasteiger partial charge is 0.428 e.